The number of furan rings is 1. The second kappa shape index (κ2) is 9.56. The normalized spacial score (nSPS) is 10.6. The number of nitriles is 1. The number of amides is 1. The highest BCUT2D eigenvalue weighted by Gasteiger charge is 2.18. The number of hydrogen-bond acceptors (Lipinski definition) is 7. The molecule has 178 valence electrons. The Morgan fingerprint density at radius 2 is 1.86 bits per heavy atom. The van der Waals surface area contributed by atoms with Gasteiger partial charge in [0.15, 0.2) is 17.3 Å². The van der Waals surface area contributed by atoms with Gasteiger partial charge in [-0.15, -0.1) is 0 Å². The van der Waals surface area contributed by atoms with Crippen molar-refractivity contribution in [1.82, 2.24) is 9.61 Å². The summed E-state index contributed by atoms with van der Waals surface area (Å²) in [6.07, 6.45) is 4.61. The number of para-hydroxylation sites is 2. The molecule has 9 heteroatoms. The maximum absolute atomic E-state index is 12.5. The molecule has 0 bridgehead atoms. The summed E-state index contributed by atoms with van der Waals surface area (Å²) in [5.74, 6) is 1.70. The summed E-state index contributed by atoms with van der Waals surface area (Å²) in [4.78, 5) is 12.5. The molecule has 2 N–H and O–H groups in total. The minimum Gasteiger partial charge on any atom is -0.493 e. The fourth-order valence-electron chi connectivity index (χ4n) is 3.80. The summed E-state index contributed by atoms with van der Waals surface area (Å²) in [6.45, 7) is 1.85. The van der Waals surface area contributed by atoms with Crippen LogP contribution in [0.3, 0.4) is 0 Å². The van der Waals surface area contributed by atoms with Gasteiger partial charge in [-0.2, -0.15) is 10.4 Å². The van der Waals surface area contributed by atoms with Crippen LogP contribution >= 0.6 is 0 Å². The number of carbonyl (C=O) groups is 1. The van der Waals surface area contributed by atoms with Crippen molar-refractivity contribution in [3.05, 3.63) is 96.2 Å². The molecule has 9 nitrogen and oxygen atoms in total. The maximum atomic E-state index is 12.5. The molecular formula is C27H21N5O4. The number of aromatic nitrogens is 2. The fraction of sp³-hybridized carbons (Fsp3) is 0.0741. The number of ether oxygens (including phenoxy) is 2. The Bertz CT molecular complexity index is 1580. The highest BCUT2D eigenvalue weighted by atomic mass is 16.5. The van der Waals surface area contributed by atoms with E-state index < -0.39 is 0 Å². The van der Waals surface area contributed by atoms with Crippen LogP contribution in [-0.4, -0.2) is 22.6 Å². The van der Waals surface area contributed by atoms with E-state index in [4.69, 9.17) is 13.9 Å². The molecular weight excluding hydrogens is 458 g/mol. The average Bonchev–Trinajstić information content (AvgIpc) is 3.55. The first-order valence-electron chi connectivity index (χ1n) is 11.0. The number of carbonyl (C=O) groups excluding carboxylic acids is 1. The molecule has 5 aromatic rings. The van der Waals surface area contributed by atoms with Crippen LogP contribution < -0.4 is 20.1 Å². The highest BCUT2D eigenvalue weighted by molar-refractivity contribution is 6.04. The van der Waals surface area contributed by atoms with Gasteiger partial charge >= 0.3 is 0 Å². The number of benzene rings is 2. The van der Waals surface area contributed by atoms with Crippen molar-refractivity contribution >= 4 is 28.5 Å². The molecule has 2 aromatic carbocycles. The third-order valence-electron chi connectivity index (χ3n) is 5.59. The lowest BCUT2D eigenvalue weighted by molar-refractivity contribution is 0.0996. The van der Waals surface area contributed by atoms with Crippen molar-refractivity contribution in [2.24, 2.45) is 0 Å². The first-order valence-corrected chi connectivity index (χ1v) is 11.0. The van der Waals surface area contributed by atoms with Crippen molar-refractivity contribution in [2.75, 3.05) is 17.7 Å². The standard InChI is InChI=1S/C27H21N5O4/c1-17-21(31-27(33)24-8-5-13-35-24)16-32-26(17)25(18(14-28)15-29-32)30-19-9-11-20(12-10-19)36-23-7-4-3-6-22(23)34-2/h3-13,15-16,30H,1-2H3,(H,31,33). The van der Waals surface area contributed by atoms with Gasteiger partial charge in [-0.3, -0.25) is 4.79 Å². The third kappa shape index (κ3) is 4.31. The fourth-order valence-corrected chi connectivity index (χ4v) is 3.80. The van der Waals surface area contributed by atoms with Crippen LogP contribution in [0.5, 0.6) is 17.2 Å². The number of fused-ring (bicyclic) bond motifs is 1. The molecule has 0 aliphatic carbocycles. The number of nitrogens with zero attached hydrogens (tertiary/aromatic N) is 3. The van der Waals surface area contributed by atoms with Crippen molar-refractivity contribution in [1.29, 1.82) is 5.26 Å². The Morgan fingerprint density at radius 1 is 1.08 bits per heavy atom. The SMILES string of the molecule is COc1ccccc1Oc1ccc(Nc2c(C#N)cnn3cc(NC(=O)c4ccco4)c(C)c23)cc1. The van der Waals surface area contributed by atoms with Gasteiger partial charge in [0.25, 0.3) is 5.91 Å². The van der Waals surface area contributed by atoms with Crippen LogP contribution in [0.15, 0.2) is 83.7 Å². The zero-order chi connectivity index (χ0) is 25.1. The van der Waals surface area contributed by atoms with Crippen LogP contribution in [0.4, 0.5) is 17.1 Å². The molecule has 0 saturated heterocycles. The number of rotatable bonds is 7. The van der Waals surface area contributed by atoms with Crippen molar-refractivity contribution < 1.29 is 18.7 Å². The van der Waals surface area contributed by atoms with Crippen LogP contribution in [-0.2, 0) is 0 Å². The van der Waals surface area contributed by atoms with Gasteiger partial charge in [-0.25, -0.2) is 4.52 Å². The summed E-state index contributed by atoms with van der Waals surface area (Å²) in [6, 6.07) is 20.2. The number of aryl methyl sites for hydroxylation is 1. The summed E-state index contributed by atoms with van der Waals surface area (Å²) in [7, 11) is 1.59. The Labute approximate surface area is 206 Å². The minimum absolute atomic E-state index is 0.198. The van der Waals surface area contributed by atoms with Crippen LogP contribution in [0.25, 0.3) is 5.52 Å². The van der Waals surface area contributed by atoms with Crippen molar-refractivity contribution in [2.45, 2.75) is 6.92 Å². The van der Waals surface area contributed by atoms with Crippen molar-refractivity contribution in [3.63, 3.8) is 0 Å². The van der Waals surface area contributed by atoms with E-state index in [1.807, 2.05) is 55.5 Å². The van der Waals surface area contributed by atoms with Crippen LogP contribution in [0, 0.1) is 18.3 Å². The highest BCUT2D eigenvalue weighted by Crippen LogP contribution is 2.34. The van der Waals surface area contributed by atoms with E-state index in [9.17, 15) is 10.1 Å². The molecule has 0 aliphatic rings. The molecule has 3 heterocycles. The van der Waals surface area contributed by atoms with Gasteiger partial charge in [0.2, 0.25) is 0 Å². The van der Waals surface area contributed by atoms with Crippen LogP contribution in [0.1, 0.15) is 21.7 Å². The molecule has 3 aromatic heterocycles. The monoisotopic (exact) mass is 479 g/mol. The van der Waals surface area contributed by atoms with Gasteiger partial charge in [0.1, 0.15) is 11.8 Å². The molecule has 0 radical (unpaired) electrons. The predicted octanol–water partition coefficient (Wildman–Crippen LogP) is 5.90. The van der Waals surface area contributed by atoms with E-state index >= 15 is 0 Å². The maximum Gasteiger partial charge on any atom is 0.291 e. The molecule has 0 saturated carbocycles. The number of hydrogen-bond donors (Lipinski definition) is 2. The second-order valence-corrected chi connectivity index (χ2v) is 7.84. The van der Waals surface area contributed by atoms with Gasteiger partial charge in [-0.1, -0.05) is 12.1 Å². The van der Waals surface area contributed by atoms with E-state index in [0.29, 0.717) is 39.7 Å². The Kier molecular flexibility index (Phi) is 5.99. The lowest BCUT2D eigenvalue weighted by atomic mass is 10.1. The lowest BCUT2D eigenvalue weighted by Crippen LogP contribution is -2.10. The van der Waals surface area contributed by atoms with Gasteiger partial charge < -0.3 is 24.5 Å². The van der Waals surface area contributed by atoms with E-state index in [2.05, 4.69) is 21.8 Å². The topological polar surface area (TPSA) is 114 Å². The Balaban J connectivity index is 1.43. The summed E-state index contributed by atoms with van der Waals surface area (Å²) in [5.41, 5.74) is 3.65. The van der Waals surface area contributed by atoms with E-state index in [1.165, 1.54) is 12.5 Å². The zero-order valence-corrected chi connectivity index (χ0v) is 19.5. The van der Waals surface area contributed by atoms with Gasteiger partial charge in [0, 0.05) is 11.3 Å². The molecule has 0 unspecified atom stereocenters. The summed E-state index contributed by atoms with van der Waals surface area (Å²) < 4.78 is 18.1. The summed E-state index contributed by atoms with van der Waals surface area (Å²) >= 11 is 0. The second-order valence-electron chi connectivity index (χ2n) is 7.84. The van der Waals surface area contributed by atoms with Crippen molar-refractivity contribution in [3.8, 4) is 23.3 Å². The number of anilines is 3. The number of nitrogens with one attached hydrogen (secondary N) is 2. The molecule has 1 amide bonds. The summed E-state index contributed by atoms with van der Waals surface area (Å²) in [5, 5.41) is 20.2. The molecule has 0 aliphatic heterocycles. The van der Waals surface area contributed by atoms with Gasteiger partial charge in [0.05, 0.1) is 48.2 Å². The third-order valence-corrected chi connectivity index (χ3v) is 5.59. The van der Waals surface area contributed by atoms with E-state index in [-0.39, 0.29) is 11.7 Å². The smallest absolute Gasteiger partial charge is 0.291 e. The Morgan fingerprint density at radius 3 is 2.56 bits per heavy atom. The largest absolute Gasteiger partial charge is 0.493 e. The number of methoxy groups -OCH3 is 1. The van der Waals surface area contributed by atoms with Gasteiger partial charge in [-0.05, 0) is 55.5 Å². The van der Waals surface area contributed by atoms with E-state index in [0.717, 1.165) is 11.3 Å². The molecule has 5 rings (SSSR count). The lowest BCUT2D eigenvalue weighted by Gasteiger charge is -2.13. The molecule has 36 heavy (non-hydrogen) atoms. The predicted molar refractivity (Wildman–Crippen MR) is 134 cm³/mol. The molecule has 0 fully saturated rings. The average molecular weight is 479 g/mol. The first-order chi connectivity index (χ1) is 17.6. The van der Waals surface area contributed by atoms with Crippen LogP contribution in [0.2, 0.25) is 0 Å². The minimum atomic E-state index is -0.375. The van der Waals surface area contributed by atoms with E-state index in [1.54, 1.807) is 30.0 Å². The Hall–Kier alpha value is -5.23. The molecule has 0 spiro atoms. The molecule has 0 atom stereocenters. The first kappa shape index (κ1) is 22.6. The quantitative estimate of drug-likeness (QED) is 0.298. The zero-order valence-electron chi connectivity index (χ0n) is 19.5.